The molecular formula is C24H26O10. The first-order valence-electron chi connectivity index (χ1n) is 10.1. The van der Waals surface area contributed by atoms with Crippen LogP contribution >= 0.6 is 0 Å². The van der Waals surface area contributed by atoms with Crippen molar-refractivity contribution in [1.82, 2.24) is 0 Å². The number of benzene rings is 1. The van der Waals surface area contributed by atoms with Crippen molar-refractivity contribution in [3.63, 3.8) is 0 Å². The summed E-state index contributed by atoms with van der Waals surface area (Å²) in [6.45, 7) is 10.9. The van der Waals surface area contributed by atoms with Crippen molar-refractivity contribution >= 4 is 35.4 Å². The SMILES string of the molecule is C=C(C)C(=O)OCCOC(=O)c1cc(C(C)=O)c(C(C)=O)cc1C(=O)OCCOC(=O)C(=C)C. The Balaban J connectivity index is 3.11. The van der Waals surface area contributed by atoms with Crippen LogP contribution in [-0.2, 0) is 28.5 Å². The second-order valence-corrected chi connectivity index (χ2v) is 7.16. The molecule has 1 aromatic rings. The van der Waals surface area contributed by atoms with Gasteiger partial charge in [0.1, 0.15) is 26.4 Å². The van der Waals surface area contributed by atoms with Crippen LogP contribution < -0.4 is 0 Å². The Kier molecular flexibility index (Phi) is 10.5. The van der Waals surface area contributed by atoms with Gasteiger partial charge in [0.2, 0.25) is 0 Å². The van der Waals surface area contributed by atoms with Crippen molar-refractivity contribution in [2.45, 2.75) is 27.7 Å². The van der Waals surface area contributed by atoms with E-state index in [1.54, 1.807) is 0 Å². The van der Waals surface area contributed by atoms with Gasteiger partial charge in [-0.05, 0) is 39.8 Å². The Hall–Kier alpha value is -4.08. The smallest absolute Gasteiger partial charge is 0.339 e. The Labute approximate surface area is 196 Å². The van der Waals surface area contributed by atoms with Gasteiger partial charge in [0.15, 0.2) is 11.6 Å². The van der Waals surface area contributed by atoms with Gasteiger partial charge in [-0.2, -0.15) is 0 Å². The topological polar surface area (TPSA) is 139 Å². The van der Waals surface area contributed by atoms with Gasteiger partial charge >= 0.3 is 23.9 Å². The molecule has 0 amide bonds. The molecule has 0 spiro atoms. The highest BCUT2D eigenvalue weighted by molar-refractivity contribution is 6.12. The molecule has 0 saturated carbocycles. The summed E-state index contributed by atoms with van der Waals surface area (Å²) < 4.78 is 19.7. The molecule has 0 aromatic heterocycles. The van der Waals surface area contributed by atoms with Crippen LogP contribution in [0.15, 0.2) is 36.4 Å². The van der Waals surface area contributed by atoms with Crippen LogP contribution in [0, 0.1) is 0 Å². The molecule has 0 aliphatic rings. The standard InChI is InChI=1S/C24H26O10/c1-13(2)21(27)31-7-9-33-23(29)19-11-17(15(5)25)18(16(6)26)12-20(19)24(30)34-10-8-32-22(28)14(3)4/h11-12H,1,3,7-10H2,2,4-6H3. The summed E-state index contributed by atoms with van der Waals surface area (Å²) >= 11 is 0. The first kappa shape index (κ1) is 28.0. The van der Waals surface area contributed by atoms with Crippen LogP contribution in [-0.4, -0.2) is 61.9 Å². The zero-order chi connectivity index (χ0) is 26.0. The van der Waals surface area contributed by atoms with Crippen LogP contribution in [0.25, 0.3) is 0 Å². The van der Waals surface area contributed by atoms with Gasteiger partial charge in [-0.3, -0.25) is 9.59 Å². The molecular weight excluding hydrogens is 448 g/mol. The molecule has 0 unspecified atom stereocenters. The molecule has 0 fully saturated rings. The molecule has 0 N–H and O–H groups in total. The van der Waals surface area contributed by atoms with Gasteiger partial charge in [0, 0.05) is 22.3 Å². The number of hydrogen-bond donors (Lipinski definition) is 0. The lowest BCUT2D eigenvalue weighted by atomic mass is 9.94. The molecule has 10 nitrogen and oxygen atoms in total. The minimum Gasteiger partial charge on any atom is -0.459 e. The number of ketones is 2. The number of hydrogen-bond acceptors (Lipinski definition) is 10. The third-order valence-electron chi connectivity index (χ3n) is 4.15. The second kappa shape index (κ2) is 12.8. The van der Waals surface area contributed by atoms with Gasteiger partial charge in [-0.15, -0.1) is 0 Å². The number of rotatable bonds is 12. The van der Waals surface area contributed by atoms with Gasteiger partial charge in [-0.1, -0.05) is 13.2 Å². The Morgan fingerprint density at radius 3 is 1.12 bits per heavy atom. The summed E-state index contributed by atoms with van der Waals surface area (Å²) in [6, 6.07) is 2.14. The fraction of sp³-hybridized carbons (Fsp3) is 0.333. The van der Waals surface area contributed by atoms with E-state index in [0.29, 0.717) is 0 Å². The Bertz CT molecular complexity index is 965. The lowest BCUT2D eigenvalue weighted by Crippen LogP contribution is -2.21. The summed E-state index contributed by atoms with van der Waals surface area (Å²) in [6.07, 6.45) is 0. The van der Waals surface area contributed by atoms with E-state index in [0.717, 1.165) is 12.1 Å². The minimum atomic E-state index is -1.01. The lowest BCUT2D eigenvalue weighted by Gasteiger charge is -2.14. The van der Waals surface area contributed by atoms with Crippen LogP contribution in [0.4, 0.5) is 0 Å². The normalized spacial score (nSPS) is 10.0. The number of esters is 4. The maximum atomic E-state index is 12.6. The van der Waals surface area contributed by atoms with Crippen LogP contribution in [0.3, 0.4) is 0 Å². The van der Waals surface area contributed by atoms with Gasteiger partial charge < -0.3 is 18.9 Å². The number of carbonyl (C=O) groups is 6. The second-order valence-electron chi connectivity index (χ2n) is 7.16. The molecule has 0 atom stereocenters. The maximum absolute atomic E-state index is 12.6. The molecule has 182 valence electrons. The van der Waals surface area contributed by atoms with E-state index in [-0.39, 0.29) is 59.8 Å². The van der Waals surface area contributed by atoms with Crippen molar-refractivity contribution < 1.29 is 47.7 Å². The lowest BCUT2D eigenvalue weighted by molar-refractivity contribution is -0.140. The van der Waals surface area contributed by atoms with Gasteiger partial charge in [0.05, 0.1) is 11.1 Å². The van der Waals surface area contributed by atoms with Gasteiger partial charge in [-0.25, -0.2) is 19.2 Å². The summed E-state index contributed by atoms with van der Waals surface area (Å²) in [5.41, 5.74) is -0.497. The van der Waals surface area contributed by atoms with E-state index >= 15 is 0 Å². The number of ether oxygens (including phenoxy) is 4. The largest absolute Gasteiger partial charge is 0.459 e. The Morgan fingerprint density at radius 2 is 0.853 bits per heavy atom. The summed E-state index contributed by atoms with van der Waals surface area (Å²) in [4.78, 5) is 72.1. The monoisotopic (exact) mass is 474 g/mol. The van der Waals surface area contributed by atoms with E-state index < -0.39 is 35.4 Å². The highest BCUT2D eigenvalue weighted by Crippen LogP contribution is 2.21. The van der Waals surface area contributed by atoms with E-state index in [9.17, 15) is 28.8 Å². The molecule has 0 bridgehead atoms. The zero-order valence-corrected chi connectivity index (χ0v) is 19.5. The molecule has 0 heterocycles. The molecule has 1 aromatic carbocycles. The average molecular weight is 474 g/mol. The first-order valence-corrected chi connectivity index (χ1v) is 10.1. The molecule has 1 rings (SSSR count). The number of carbonyl (C=O) groups excluding carboxylic acids is 6. The van der Waals surface area contributed by atoms with Crippen molar-refractivity contribution in [2.75, 3.05) is 26.4 Å². The highest BCUT2D eigenvalue weighted by Gasteiger charge is 2.25. The van der Waals surface area contributed by atoms with Crippen LogP contribution in [0.5, 0.6) is 0 Å². The van der Waals surface area contributed by atoms with Crippen molar-refractivity contribution in [3.8, 4) is 0 Å². The predicted octanol–water partition coefficient (Wildman–Crippen LogP) is 2.64. The van der Waals surface area contributed by atoms with Crippen molar-refractivity contribution in [3.05, 3.63) is 58.7 Å². The first-order chi connectivity index (χ1) is 15.9. The molecule has 0 radical (unpaired) electrons. The quantitative estimate of drug-likeness (QED) is 0.146. The maximum Gasteiger partial charge on any atom is 0.339 e. The third kappa shape index (κ3) is 8.12. The number of Topliss-reactive ketones (excluding diaryl/α,β-unsaturated/α-hetero) is 2. The fourth-order valence-corrected chi connectivity index (χ4v) is 2.46. The van der Waals surface area contributed by atoms with Crippen molar-refractivity contribution in [1.29, 1.82) is 0 Å². The van der Waals surface area contributed by atoms with Gasteiger partial charge in [0.25, 0.3) is 0 Å². The van der Waals surface area contributed by atoms with Crippen LogP contribution in [0.1, 0.15) is 69.1 Å². The van der Waals surface area contributed by atoms with E-state index in [4.69, 9.17) is 18.9 Å². The van der Waals surface area contributed by atoms with Crippen LogP contribution in [0.2, 0.25) is 0 Å². The molecule has 34 heavy (non-hydrogen) atoms. The molecule has 10 heteroatoms. The highest BCUT2D eigenvalue weighted by atomic mass is 16.6. The van der Waals surface area contributed by atoms with E-state index in [1.807, 2.05) is 0 Å². The molecule has 0 aliphatic carbocycles. The van der Waals surface area contributed by atoms with E-state index in [1.165, 1.54) is 27.7 Å². The third-order valence-corrected chi connectivity index (χ3v) is 4.15. The molecule has 0 aliphatic heterocycles. The molecule has 0 saturated heterocycles. The summed E-state index contributed by atoms with van der Waals surface area (Å²) in [5.74, 6) is -4.38. The fourth-order valence-electron chi connectivity index (χ4n) is 2.46. The Morgan fingerprint density at radius 1 is 0.559 bits per heavy atom. The zero-order valence-electron chi connectivity index (χ0n) is 19.5. The van der Waals surface area contributed by atoms with E-state index in [2.05, 4.69) is 13.2 Å². The van der Waals surface area contributed by atoms with Crippen molar-refractivity contribution in [2.24, 2.45) is 0 Å². The summed E-state index contributed by atoms with van der Waals surface area (Å²) in [7, 11) is 0. The average Bonchev–Trinajstić information content (AvgIpc) is 2.77. The summed E-state index contributed by atoms with van der Waals surface area (Å²) in [5, 5.41) is 0. The predicted molar refractivity (Wildman–Crippen MR) is 119 cm³/mol. The minimum absolute atomic E-state index is 0.0832.